The predicted octanol–water partition coefficient (Wildman–Crippen LogP) is 4.15. The Bertz CT molecular complexity index is 582. The molecule has 3 nitrogen and oxygen atoms in total. The topological polar surface area (TPSA) is 29.9 Å². The molecule has 4 heteroatoms. The molecular formula is C16H22BrN3. The van der Waals surface area contributed by atoms with E-state index in [9.17, 15) is 0 Å². The fourth-order valence-electron chi connectivity index (χ4n) is 2.67. The molecule has 1 atom stereocenters. The third-order valence-electron chi connectivity index (χ3n) is 3.42. The third-order valence-corrected chi connectivity index (χ3v) is 4.03. The molecule has 0 saturated carbocycles. The minimum Gasteiger partial charge on any atom is -0.308 e. The first-order valence-electron chi connectivity index (χ1n) is 6.92. The zero-order valence-electron chi connectivity index (χ0n) is 12.7. The first-order chi connectivity index (χ1) is 9.43. The molecule has 0 amide bonds. The summed E-state index contributed by atoms with van der Waals surface area (Å²) in [6, 6.07) is 7.13. The van der Waals surface area contributed by atoms with Crippen molar-refractivity contribution in [3.8, 4) is 0 Å². The van der Waals surface area contributed by atoms with Crippen LogP contribution >= 0.6 is 15.9 Å². The molecule has 1 aromatic heterocycles. The Hall–Kier alpha value is -1.13. The van der Waals surface area contributed by atoms with Crippen LogP contribution in [-0.4, -0.2) is 16.8 Å². The van der Waals surface area contributed by atoms with Crippen molar-refractivity contribution in [2.45, 2.75) is 39.8 Å². The van der Waals surface area contributed by atoms with Gasteiger partial charge in [0.25, 0.3) is 0 Å². The molecule has 2 rings (SSSR count). The van der Waals surface area contributed by atoms with Gasteiger partial charge in [-0.1, -0.05) is 29.3 Å². The summed E-state index contributed by atoms with van der Waals surface area (Å²) < 4.78 is 3.12. The summed E-state index contributed by atoms with van der Waals surface area (Å²) in [5.41, 5.74) is 5.01. The number of halogens is 1. The number of nitrogens with one attached hydrogen (secondary N) is 1. The van der Waals surface area contributed by atoms with Gasteiger partial charge in [-0.3, -0.25) is 4.68 Å². The van der Waals surface area contributed by atoms with Crippen molar-refractivity contribution in [2.24, 2.45) is 0 Å². The molecule has 2 aromatic rings. The molecule has 108 valence electrons. The average molecular weight is 336 g/mol. The first kappa shape index (κ1) is 15.3. The Balaban J connectivity index is 2.55. The molecule has 20 heavy (non-hydrogen) atoms. The summed E-state index contributed by atoms with van der Waals surface area (Å²) in [6.07, 6.45) is 1.88. The van der Waals surface area contributed by atoms with E-state index in [1.165, 1.54) is 22.4 Å². The SMILES string of the molecule is CNC(c1cc(C)cc(C)c1)c1c(Br)cnn1C(C)C. The van der Waals surface area contributed by atoms with E-state index in [1.807, 2.05) is 13.2 Å². The minimum atomic E-state index is 0.132. The van der Waals surface area contributed by atoms with Crippen LogP contribution in [0.1, 0.15) is 48.3 Å². The summed E-state index contributed by atoms with van der Waals surface area (Å²) in [5.74, 6) is 0. The van der Waals surface area contributed by atoms with Gasteiger partial charge in [0.15, 0.2) is 0 Å². The van der Waals surface area contributed by atoms with Gasteiger partial charge in [0.1, 0.15) is 0 Å². The zero-order chi connectivity index (χ0) is 14.9. The normalized spacial score (nSPS) is 12.9. The van der Waals surface area contributed by atoms with Crippen molar-refractivity contribution in [3.63, 3.8) is 0 Å². The smallest absolute Gasteiger partial charge is 0.0757 e. The highest BCUT2D eigenvalue weighted by Gasteiger charge is 2.22. The van der Waals surface area contributed by atoms with Gasteiger partial charge < -0.3 is 5.32 Å². The van der Waals surface area contributed by atoms with Gasteiger partial charge in [0.05, 0.1) is 22.4 Å². The lowest BCUT2D eigenvalue weighted by atomic mass is 9.99. The number of nitrogens with zero attached hydrogens (tertiary/aromatic N) is 2. The summed E-state index contributed by atoms with van der Waals surface area (Å²) in [5, 5.41) is 7.90. The Morgan fingerprint density at radius 2 is 1.75 bits per heavy atom. The number of hydrogen-bond acceptors (Lipinski definition) is 2. The Morgan fingerprint density at radius 3 is 2.25 bits per heavy atom. The van der Waals surface area contributed by atoms with Crippen LogP contribution in [0.2, 0.25) is 0 Å². The monoisotopic (exact) mass is 335 g/mol. The van der Waals surface area contributed by atoms with Gasteiger partial charge in [0.2, 0.25) is 0 Å². The van der Waals surface area contributed by atoms with Crippen LogP contribution in [0.15, 0.2) is 28.9 Å². The molecular weight excluding hydrogens is 314 g/mol. The van der Waals surface area contributed by atoms with Gasteiger partial charge in [-0.2, -0.15) is 5.10 Å². The maximum absolute atomic E-state index is 4.48. The number of aryl methyl sites for hydroxylation is 2. The Morgan fingerprint density at radius 1 is 1.15 bits per heavy atom. The van der Waals surface area contributed by atoms with E-state index < -0.39 is 0 Å². The molecule has 1 unspecified atom stereocenters. The van der Waals surface area contributed by atoms with Gasteiger partial charge in [-0.05, 0) is 56.2 Å². The molecule has 0 aliphatic carbocycles. The van der Waals surface area contributed by atoms with Crippen LogP contribution in [-0.2, 0) is 0 Å². The largest absolute Gasteiger partial charge is 0.308 e. The van der Waals surface area contributed by atoms with Crippen molar-refractivity contribution in [3.05, 3.63) is 51.3 Å². The second-order valence-electron chi connectivity index (χ2n) is 5.56. The molecule has 1 aromatic carbocycles. The lowest BCUT2D eigenvalue weighted by Gasteiger charge is -2.22. The highest BCUT2D eigenvalue weighted by atomic mass is 79.9. The van der Waals surface area contributed by atoms with E-state index in [1.54, 1.807) is 0 Å². The van der Waals surface area contributed by atoms with Crippen molar-refractivity contribution in [1.29, 1.82) is 0 Å². The minimum absolute atomic E-state index is 0.132. The zero-order valence-corrected chi connectivity index (χ0v) is 14.3. The molecule has 1 N–H and O–H groups in total. The molecule has 0 radical (unpaired) electrons. The molecule has 0 spiro atoms. The van der Waals surface area contributed by atoms with Crippen LogP contribution in [0.3, 0.4) is 0 Å². The molecule has 1 heterocycles. The van der Waals surface area contributed by atoms with Crippen molar-refractivity contribution in [1.82, 2.24) is 15.1 Å². The van der Waals surface area contributed by atoms with Crippen molar-refractivity contribution in [2.75, 3.05) is 7.05 Å². The molecule has 0 bridgehead atoms. The van der Waals surface area contributed by atoms with E-state index in [-0.39, 0.29) is 6.04 Å². The second kappa shape index (κ2) is 6.10. The van der Waals surface area contributed by atoms with Crippen LogP contribution < -0.4 is 5.32 Å². The second-order valence-corrected chi connectivity index (χ2v) is 6.41. The highest BCUT2D eigenvalue weighted by Crippen LogP contribution is 2.31. The summed E-state index contributed by atoms with van der Waals surface area (Å²) >= 11 is 3.64. The van der Waals surface area contributed by atoms with Crippen LogP contribution in [0, 0.1) is 13.8 Å². The lowest BCUT2D eigenvalue weighted by molar-refractivity contribution is 0.483. The van der Waals surface area contributed by atoms with E-state index >= 15 is 0 Å². The molecule has 0 saturated heterocycles. The number of rotatable bonds is 4. The van der Waals surface area contributed by atoms with Crippen LogP contribution in [0.25, 0.3) is 0 Å². The number of benzene rings is 1. The molecule has 0 fully saturated rings. The highest BCUT2D eigenvalue weighted by molar-refractivity contribution is 9.10. The van der Waals surface area contributed by atoms with E-state index in [2.05, 4.69) is 76.9 Å². The Labute approximate surface area is 129 Å². The first-order valence-corrected chi connectivity index (χ1v) is 7.71. The van der Waals surface area contributed by atoms with Crippen molar-refractivity contribution < 1.29 is 0 Å². The number of aromatic nitrogens is 2. The fraction of sp³-hybridized carbons (Fsp3) is 0.438. The van der Waals surface area contributed by atoms with Crippen molar-refractivity contribution >= 4 is 15.9 Å². The fourth-order valence-corrected chi connectivity index (χ4v) is 3.17. The Kier molecular flexibility index (Phi) is 4.66. The summed E-state index contributed by atoms with van der Waals surface area (Å²) in [4.78, 5) is 0. The van der Waals surface area contributed by atoms with Gasteiger partial charge in [-0.15, -0.1) is 0 Å². The van der Waals surface area contributed by atoms with Gasteiger partial charge in [0, 0.05) is 6.04 Å². The average Bonchev–Trinajstić information content (AvgIpc) is 2.72. The summed E-state index contributed by atoms with van der Waals surface area (Å²) in [6.45, 7) is 8.57. The number of hydrogen-bond donors (Lipinski definition) is 1. The van der Waals surface area contributed by atoms with Gasteiger partial charge in [-0.25, -0.2) is 0 Å². The van der Waals surface area contributed by atoms with Gasteiger partial charge >= 0.3 is 0 Å². The summed E-state index contributed by atoms with van der Waals surface area (Å²) in [7, 11) is 1.99. The van der Waals surface area contributed by atoms with E-state index in [0.717, 1.165) is 4.47 Å². The molecule has 0 aliphatic rings. The van der Waals surface area contributed by atoms with E-state index in [4.69, 9.17) is 0 Å². The standard InChI is InChI=1S/C16H22BrN3/c1-10(2)20-16(14(17)9-19-20)15(18-5)13-7-11(3)6-12(4)8-13/h6-10,15,18H,1-5H3. The lowest BCUT2D eigenvalue weighted by Crippen LogP contribution is -2.23. The quantitative estimate of drug-likeness (QED) is 0.909. The predicted molar refractivity (Wildman–Crippen MR) is 87.1 cm³/mol. The van der Waals surface area contributed by atoms with E-state index in [0.29, 0.717) is 6.04 Å². The molecule has 0 aliphatic heterocycles. The third kappa shape index (κ3) is 2.96. The maximum atomic E-state index is 4.48. The van der Waals surface area contributed by atoms with Crippen LogP contribution in [0.4, 0.5) is 0 Å². The maximum Gasteiger partial charge on any atom is 0.0757 e. The van der Waals surface area contributed by atoms with Crippen LogP contribution in [0.5, 0.6) is 0 Å².